The van der Waals surface area contributed by atoms with Gasteiger partial charge >= 0.3 is 10.1 Å². The lowest BCUT2D eigenvalue weighted by Crippen LogP contribution is -2.26. The number of alkyl halides is 2. The molecule has 0 heterocycles. The van der Waals surface area contributed by atoms with Crippen LogP contribution in [0.25, 0.3) is 0 Å². The fourth-order valence-corrected chi connectivity index (χ4v) is 2.28. The zero-order chi connectivity index (χ0) is 16.1. The summed E-state index contributed by atoms with van der Waals surface area (Å²) in [6.07, 6.45) is 0.304. The van der Waals surface area contributed by atoms with Gasteiger partial charge in [-0.2, -0.15) is 17.2 Å². The summed E-state index contributed by atoms with van der Waals surface area (Å²) in [5, 5.41) is 3.15. The van der Waals surface area contributed by atoms with Crippen molar-refractivity contribution in [3.8, 4) is 5.75 Å². The molecule has 0 bridgehead atoms. The molecule has 0 atom stereocenters. The fraction of sp³-hybridized carbons (Fsp3) is 0.462. The highest BCUT2D eigenvalue weighted by molar-refractivity contribution is 7.86. The summed E-state index contributed by atoms with van der Waals surface area (Å²) in [7, 11) is -2.51. The molecule has 0 aliphatic carbocycles. The number of rotatable bonds is 7. The predicted molar refractivity (Wildman–Crippen MR) is 75.3 cm³/mol. The Bertz CT molecular complexity index is 592. The minimum atomic E-state index is -3.95. The van der Waals surface area contributed by atoms with Crippen LogP contribution in [-0.4, -0.2) is 32.9 Å². The lowest BCUT2D eigenvalue weighted by Gasteiger charge is -2.13. The third-order valence-electron chi connectivity index (χ3n) is 2.48. The number of benzene rings is 1. The molecule has 0 radical (unpaired) electrons. The Morgan fingerprint density at radius 3 is 2.29 bits per heavy atom. The van der Waals surface area contributed by atoms with Crippen LogP contribution in [0.1, 0.15) is 25.8 Å². The van der Waals surface area contributed by atoms with Crippen LogP contribution in [0.15, 0.2) is 29.4 Å². The molecule has 1 aromatic rings. The molecule has 0 fully saturated rings. The molecule has 0 aliphatic heterocycles. The van der Waals surface area contributed by atoms with Crippen LogP contribution in [0.3, 0.4) is 0 Å². The van der Waals surface area contributed by atoms with Crippen LogP contribution < -0.4 is 4.74 Å². The molecule has 0 aromatic heterocycles. The van der Waals surface area contributed by atoms with Gasteiger partial charge in [0.15, 0.2) is 5.71 Å². The summed E-state index contributed by atoms with van der Waals surface area (Å²) >= 11 is 0. The Morgan fingerprint density at radius 1 is 1.29 bits per heavy atom. The van der Waals surface area contributed by atoms with Crippen LogP contribution in [0.5, 0.6) is 5.75 Å². The quantitative estimate of drug-likeness (QED) is 0.572. The molecule has 0 saturated carbocycles. The number of halogens is 2. The van der Waals surface area contributed by atoms with Crippen molar-refractivity contribution >= 4 is 15.8 Å². The zero-order valence-corrected chi connectivity index (χ0v) is 12.8. The monoisotopic (exact) mass is 321 g/mol. The molecule has 118 valence electrons. The van der Waals surface area contributed by atoms with Gasteiger partial charge in [0.1, 0.15) is 5.75 Å². The van der Waals surface area contributed by atoms with E-state index in [1.807, 2.05) is 0 Å². The average Bonchev–Trinajstić information content (AvgIpc) is 2.38. The van der Waals surface area contributed by atoms with Gasteiger partial charge in [0.2, 0.25) is 0 Å². The third kappa shape index (κ3) is 5.30. The summed E-state index contributed by atoms with van der Waals surface area (Å²) < 4.78 is 59.2. The summed E-state index contributed by atoms with van der Waals surface area (Å²) in [6.45, 7) is 2.25. The second-order valence-corrected chi connectivity index (χ2v) is 6.07. The smallest absolute Gasteiger partial charge is 0.328 e. The van der Waals surface area contributed by atoms with E-state index in [9.17, 15) is 17.2 Å². The number of ether oxygens (including phenoxy) is 1. The Hall–Kier alpha value is -1.70. The first-order valence-electron chi connectivity index (χ1n) is 6.21. The van der Waals surface area contributed by atoms with E-state index in [0.29, 0.717) is 19.1 Å². The van der Waals surface area contributed by atoms with Gasteiger partial charge in [-0.15, -0.1) is 0 Å². The topological polar surface area (TPSA) is 65.0 Å². The van der Waals surface area contributed by atoms with Crippen LogP contribution in [0.4, 0.5) is 8.78 Å². The molecule has 5 nitrogen and oxygen atoms in total. The maximum Gasteiger partial charge on any atom is 0.328 e. The number of methoxy groups -OCH3 is 1. The van der Waals surface area contributed by atoms with E-state index in [0.717, 1.165) is 0 Å². The second-order valence-electron chi connectivity index (χ2n) is 4.39. The maximum atomic E-state index is 13.6. The van der Waals surface area contributed by atoms with Crippen LogP contribution in [-0.2, 0) is 14.4 Å². The van der Waals surface area contributed by atoms with Crippen LogP contribution >= 0.6 is 0 Å². The van der Waals surface area contributed by atoms with Crippen molar-refractivity contribution in [3.63, 3.8) is 0 Å². The van der Waals surface area contributed by atoms with Gasteiger partial charge in [0.25, 0.3) is 5.92 Å². The molecule has 8 heteroatoms. The normalized spacial score (nSPS) is 13.1. The molecule has 0 N–H and O–H groups in total. The Kier molecular flexibility index (Phi) is 5.65. The number of hydrogen-bond acceptors (Lipinski definition) is 5. The van der Waals surface area contributed by atoms with Crippen LogP contribution in [0, 0.1) is 0 Å². The first kappa shape index (κ1) is 17.4. The van der Waals surface area contributed by atoms with Gasteiger partial charge in [-0.3, -0.25) is 4.28 Å². The van der Waals surface area contributed by atoms with Crippen molar-refractivity contribution in [2.45, 2.75) is 26.2 Å². The molecule has 1 aromatic carbocycles. The standard InChI is InChI=1S/C13H17F2NO4S/c1-4-9-21(17,18)20-16-12(13(2,14)15)10-5-7-11(19-3)8-6-10/h5-8H,4,9H2,1-3H3. The summed E-state index contributed by atoms with van der Waals surface area (Å²) in [6, 6.07) is 5.64. The highest BCUT2D eigenvalue weighted by atomic mass is 32.2. The lowest BCUT2D eigenvalue weighted by molar-refractivity contribution is 0.0976. The first-order valence-corrected chi connectivity index (χ1v) is 7.79. The molecule has 0 spiro atoms. The van der Waals surface area contributed by atoms with Crippen molar-refractivity contribution in [2.75, 3.05) is 12.9 Å². The van der Waals surface area contributed by atoms with E-state index in [4.69, 9.17) is 4.74 Å². The molecule has 1 rings (SSSR count). The number of nitrogens with zero attached hydrogens (tertiary/aromatic N) is 1. The van der Waals surface area contributed by atoms with E-state index < -0.39 is 21.8 Å². The second kappa shape index (κ2) is 6.84. The Labute approximate surface area is 122 Å². The van der Waals surface area contributed by atoms with Crippen molar-refractivity contribution in [2.24, 2.45) is 5.16 Å². The van der Waals surface area contributed by atoms with Gasteiger partial charge in [0.05, 0.1) is 12.9 Å². The summed E-state index contributed by atoms with van der Waals surface area (Å²) in [5.41, 5.74) is -0.708. The lowest BCUT2D eigenvalue weighted by atomic mass is 10.1. The van der Waals surface area contributed by atoms with Gasteiger partial charge in [-0.25, -0.2) is 0 Å². The van der Waals surface area contributed by atoms with Crippen LogP contribution in [0.2, 0.25) is 0 Å². The van der Waals surface area contributed by atoms with E-state index in [-0.39, 0.29) is 11.3 Å². The van der Waals surface area contributed by atoms with E-state index >= 15 is 0 Å². The predicted octanol–water partition coefficient (Wildman–Crippen LogP) is 2.81. The Morgan fingerprint density at radius 2 is 1.86 bits per heavy atom. The minimum absolute atomic E-state index is 0.0509. The zero-order valence-electron chi connectivity index (χ0n) is 12.0. The first-order chi connectivity index (χ1) is 9.69. The van der Waals surface area contributed by atoms with Crippen molar-refractivity contribution in [3.05, 3.63) is 29.8 Å². The van der Waals surface area contributed by atoms with Crippen molar-refractivity contribution < 1.29 is 26.2 Å². The Balaban J connectivity index is 3.11. The number of oxime groups is 1. The van der Waals surface area contributed by atoms with E-state index in [2.05, 4.69) is 9.44 Å². The molecule has 0 saturated heterocycles. The summed E-state index contributed by atoms with van der Waals surface area (Å²) in [4.78, 5) is 0. The number of hydrogen-bond donors (Lipinski definition) is 0. The van der Waals surface area contributed by atoms with Gasteiger partial charge in [-0.05, 0) is 30.7 Å². The van der Waals surface area contributed by atoms with Gasteiger partial charge < -0.3 is 4.74 Å². The van der Waals surface area contributed by atoms with E-state index in [1.54, 1.807) is 6.92 Å². The molecule has 21 heavy (non-hydrogen) atoms. The summed E-state index contributed by atoms with van der Waals surface area (Å²) in [5.74, 6) is -3.16. The SMILES string of the molecule is CCCS(=O)(=O)ON=C(c1ccc(OC)cc1)C(C)(F)F. The van der Waals surface area contributed by atoms with E-state index in [1.165, 1.54) is 31.4 Å². The maximum absolute atomic E-state index is 13.6. The largest absolute Gasteiger partial charge is 0.497 e. The minimum Gasteiger partial charge on any atom is -0.497 e. The highest BCUT2D eigenvalue weighted by Gasteiger charge is 2.32. The average molecular weight is 321 g/mol. The van der Waals surface area contributed by atoms with Crippen molar-refractivity contribution in [1.29, 1.82) is 0 Å². The third-order valence-corrected chi connectivity index (χ3v) is 3.69. The molecule has 0 unspecified atom stereocenters. The van der Waals surface area contributed by atoms with Gasteiger partial charge in [-0.1, -0.05) is 12.1 Å². The molecular weight excluding hydrogens is 304 g/mol. The molecular formula is C13H17F2NO4S. The molecule has 0 aliphatic rings. The van der Waals surface area contributed by atoms with Gasteiger partial charge in [0, 0.05) is 12.5 Å². The molecule has 0 amide bonds. The fourth-order valence-electron chi connectivity index (χ4n) is 1.52. The highest BCUT2D eigenvalue weighted by Crippen LogP contribution is 2.23. The van der Waals surface area contributed by atoms with Crippen molar-refractivity contribution in [1.82, 2.24) is 0 Å².